The Hall–Kier alpha value is -2.67. The highest BCUT2D eigenvalue weighted by Crippen LogP contribution is 2.30. The van der Waals surface area contributed by atoms with Gasteiger partial charge in [0.1, 0.15) is 0 Å². The first-order valence-electron chi connectivity index (χ1n) is 10.6. The third-order valence-electron chi connectivity index (χ3n) is 5.54. The number of nitrogens with one attached hydrogen (secondary N) is 1. The zero-order valence-corrected chi connectivity index (χ0v) is 17.8. The molecule has 3 aromatic rings. The normalized spacial score (nSPS) is 15.6. The number of rotatable bonds is 8. The molecule has 0 aliphatic heterocycles. The molecule has 4 rings (SSSR count). The lowest BCUT2D eigenvalue weighted by atomic mass is 9.96. The van der Waals surface area contributed by atoms with Gasteiger partial charge in [-0.1, -0.05) is 91.7 Å². The van der Waals surface area contributed by atoms with Crippen molar-refractivity contribution in [3.63, 3.8) is 0 Å². The maximum absolute atomic E-state index is 12.8. The molecule has 1 fully saturated rings. The Morgan fingerprint density at radius 1 is 1.03 bits per heavy atom. The van der Waals surface area contributed by atoms with E-state index in [0.717, 1.165) is 30.0 Å². The molecule has 1 saturated carbocycles. The number of amides is 1. The van der Waals surface area contributed by atoms with Crippen LogP contribution < -0.4 is 5.32 Å². The number of thioether (sulfide) groups is 1. The molecule has 1 heterocycles. The monoisotopic (exact) mass is 421 g/mol. The number of hydrogen-bond donors (Lipinski definition) is 1. The second-order valence-corrected chi connectivity index (χ2v) is 8.65. The van der Waals surface area contributed by atoms with E-state index in [1.54, 1.807) is 0 Å². The second-order valence-electron chi connectivity index (χ2n) is 7.71. The van der Waals surface area contributed by atoms with Gasteiger partial charge in [-0.3, -0.25) is 4.79 Å². The standard InChI is InChI=1S/C23H27N5OS/c29-22(17-30-23-25-26-27-28(23)20-14-8-3-9-15-20)24-21(19-12-6-2-7-13-19)16-18-10-4-1-5-11-18/h1-2,4-7,10-13,20-21H,3,8-9,14-17H2,(H,24,29). The lowest BCUT2D eigenvalue weighted by Crippen LogP contribution is -2.31. The van der Waals surface area contributed by atoms with Crippen LogP contribution in [-0.4, -0.2) is 31.9 Å². The van der Waals surface area contributed by atoms with E-state index in [1.165, 1.54) is 36.6 Å². The van der Waals surface area contributed by atoms with E-state index in [0.29, 0.717) is 11.8 Å². The minimum atomic E-state index is -0.0731. The van der Waals surface area contributed by atoms with Gasteiger partial charge in [0.05, 0.1) is 17.8 Å². The smallest absolute Gasteiger partial charge is 0.230 e. The summed E-state index contributed by atoms with van der Waals surface area (Å²) in [7, 11) is 0. The van der Waals surface area contributed by atoms with Crippen LogP contribution in [0, 0.1) is 0 Å². The molecule has 30 heavy (non-hydrogen) atoms. The molecular weight excluding hydrogens is 394 g/mol. The number of benzene rings is 2. The van der Waals surface area contributed by atoms with Gasteiger partial charge >= 0.3 is 0 Å². The van der Waals surface area contributed by atoms with Crippen molar-refractivity contribution in [3.05, 3.63) is 71.8 Å². The van der Waals surface area contributed by atoms with Crippen molar-refractivity contribution in [1.82, 2.24) is 25.5 Å². The summed E-state index contributed by atoms with van der Waals surface area (Å²) in [5.74, 6) is 0.286. The van der Waals surface area contributed by atoms with Crippen LogP contribution in [0.15, 0.2) is 65.8 Å². The molecule has 1 atom stereocenters. The van der Waals surface area contributed by atoms with Crippen LogP contribution in [0.4, 0.5) is 0 Å². The van der Waals surface area contributed by atoms with Crippen LogP contribution in [0.1, 0.15) is 55.3 Å². The molecule has 6 nitrogen and oxygen atoms in total. The summed E-state index contributed by atoms with van der Waals surface area (Å²) in [6.45, 7) is 0. The van der Waals surface area contributed by atoms with Crippen LogP contribution in [0.5, 0.6) is 0 Å². The van der Waals surface area contributed by atoms with E-state index in [4.69, 9.17) is 0 Å². The lowest BCUT2D eigenvalue weighted by Gasteiger charge is -2.22. The first-order chi connectivity index (χ1) is 14.8. The maximum atomic E-state index is 12.8. The first-order valence-corrected chi connectivity index (χ1v) is 11.6. The Labute approximate surface area is 181 Å². The lowest BCUT2D eigenvalue weighted by molar-refractivity contribution is -0.119. The zero-order valence-electron chi connectivity index (χ0n) is 17.0. The van der Waals surface area contributed by atoms with Crippen LogP contribution in [0.2, 0.25) is 0 Å². The number of carbonyl (C=O) groups excluding carboxylic acids is 1. The van der Waals surface area contributed by atoms with E-state index in [1.807, 2.05) is 41.1 Å². The highest BCUT2D eigenvalue weighted by atomic mass is 32.2. The number of aromatic nitrogens is 4. The van der Waals surface area contributed by atoms with Crippen molar-refractivity contribution in [2.75, 3.05) is 5.75 Å². The fourth-order valence-electron chi connectivity index (χ4n) is 3.99. The second kappa shape index (κ2) is 10.4. The Bertz CT molecular complexity index is 925. The molecule has 1 N–H and O–H groups in total. The third-order valence-corrected chi connectivity index (χ3v) is 6.47. The van der Waals surface area contributed by atoms with Crippen molar-refractivity contribution in [1.29, 1.82) is 0 Å². The fourth-order valence-corrected chi connectivity index (χ4v) is 4.74. The zero-order chi connectivity index (χ0) is 20.6. The summed E-state index contributed by atoms with van der Waals surface area (Å²) in [6.07, 6.45) is 6.68. The molecule has 1 aromatic heterocycles. The molecule has 1 aliphatic carbocycles. The number of nitrogens with zero attached hydrogens (tertiary/aromatic N) is 4. The SMILES string of the molecule is O=C(CSc1nnnn1C1CCCCC1)NC(Cc1ccccc1)c1ccccc1. The van der Waals surface area contributed by atoms with Gasteiger partial charge in [-0.2, -0.15) is 0 Å². The Morgan fingerprint density at radius 2 is 1.73 bits per heavy atom. The average Bonchev–Trinajstić information content (AvgIpc) is 3.28. The number of carbonyl (C=O) groups is 1. The first kappa shape index (κ1) is 20.6. The van der Waals surface area contributed by atoms with Crippen molar-refractivity contribution in [2.45, 2.75) is 55.8 Å². The predicted octanol–water partition coefficient (Wildman–Crippen LogP) is 4.37. The summed E-state index contributed by atoms with van der Waals surface area (Å²) >= 11 is 1.41. The number of tetrazole rings is 1. The summed E-state index contributed by atoms with van der Waals surface area (Å²) in [5.41, 5.74) is 2.30. The minimum Gasteiger partial charge on any atom is -0.348 e. The van der Waals surface area contributed by atoms with E-state index < -0.39 is 0 Å². The highest BCUT2D eigenvalue weighted by Gasteiger charge is 2.21. The van der Waals surface area contributed by atoms with E-state index >= 15 is 0 Å². The Morgan fingerprint density at radius 3 is 2.47 bits per heavy atom. The van der Waals surface area contributed by atoms with Gasteiger partial charge < -0.3 is 5.32 Å². The number of hydrogen-bond acceptors (Lipinski definition) is 5. The van der Waals surface area contributed by atoms with Gasteiger partial charge in [0.2, 0.25) is 11.1 Å². The summed E-state index contributed by atoms with van der Waals surface area (Å²) < 4.78 is 1.91. The quantitative estimate of drug-likeness (QED) is 0.547. The molecule has 0 spiro atoms. The van der Waals surface area contributed by atoms with Crippen molar-refractivity contribution >= 4 is 17.7 Å². The van der Waals surface area contributed by atoms with Crippen LogP contribution in [-0.2, 0) is 11.2 Å². The van der Waals surface area contributed by atoms with Crippen LogP contribution >= 0.6 is 11.8 Å². The van der Waals surface area contributed by atoms with Crippen molar-refractivity contribution < 1.29 is 4.79 Å². The van der Waals surface area contributed by atoms with Gasteiger partial charge in [-0.15, -0.1) is 5.10 Å². The van der Waals surface area contributed by atoms with E-state index in [-0.39, 0.29) is 11.9 Å². The fraction of sp³-hybridized carbons (Fsp3) is 0.391. The molecule has 1 amide bonds. The van der Waals surface area contributed by atoms with Gasteiger partial charge in [0, 0.05) is 0 Å². The largest absolute Gasteiger partial charge is 0.348 e. The Balaban J connectivity index is 1.39. The molecule has 1 aliphatic rings. The topological polar surface area (TPSA) is 72.7 Å². The van der Waals surface area contributed by atoms with Crippen molar-refractivity contribution in [3.8, 4) is 0 Å². The van der Waals surface area contributed by atoms with Crippen LogP contribution in [0.3, 0.4) is 0 Å². The minimum absolute atomic E-state index is 0.0111. The van der Waals surface area contributed by atoms with Gasteiger partial charge in [-0.25, -0.2) is 4.68 Å². The molecule has 1 unspecified atom stereocenters. The Kier molecular flexibility index (Phi) is 7.13. The molecule has 0 saturated heterocycles. The van der Waals surface area contributed by atoms with Crippen molar-refractivity contribution in [2.24, 2.45) is 0 Å². The summed E-state index contributed by atoms with van der Waals surface area (Å²) in [5, 5.41) is 16.1. The molecule has 156 valence electrons. The van der Waals surface area contributed by atoms with Gasteiger partial charge in [0.25, 0.3) is 0 Å². The summed E-state index contributed by atoms with van der Waals surface area (Å²) in [6, 6.07) is 20.7. The average molecular weight is 422 g/mol. The van der Waals surface area contributed by atoms with E-state index in [9.17, 15) is 4.79 Å². The molecular formula is C23H27N5OS. The predicted molar refractivity (Wildman–Crippen MR) is 118 cm³/mol. The molecule has 7 heteroatoms. The van der Waals surface area contributed by atoms with Gasteiger partial charge in [-0.05, 0) is 40.8 Å². The third kappa shape index (κ3) is 5.48. The van der Waals surface area contributed by atoms with Gasteiger partial charge in [0.15, 0.2) is 0 Å². The molecule has 2 aromatic carbocycles. The molecule has 0 radical (unpaired) electrons. The summed E-state index contributed by atoms with van der Waals surface area (Å²) in [4.78, 5) is 12.8. The van der Waals surface area contributed by atoms with Crippen LogP contribution in [0.25, 0.3) is 0 Å². The maximum Gasteiger partial charge on any atom is 0.230 e. The molecule has 0 bridgehead atoms. The highest BCUT2D eigenvalue weighted by molar-refractivity contribution is 7.99. The van der Waals surface area contributed by atoms with E-state index in [2.05, 4.69) is 45.1 Å².